The van der Waals surface area contributed by atoms with Gasteiger partial charge in [0.15, 0.2) is 0 Å². The van der Waals surface area contributed by atoms with Crippen molar-refractivity contribution in [3.63, 3.8) is 0 Å². The smallest absolute Gasteiger partial charge is 0.100 e. The lowest BCUT2D eigenvalue weighted by atomic mass is 10.3. The maximum atomic E-state index is 5.53. The molecule has 2 N–H and O–H groups in total. The number of pyridine rings is 1. The van der Waals surface area contributed by atoms with Gasteiger partial charge in [-0.1, -0.05) is 12.1 Å². The van der Waals surface area contributed by atoms with Gasteiger partial charge in [0.2, 0.25) is 0 Å². The molecule has 0 radical (unpaired) electrons. The second kappa shape index (κ2) is 3.99. The highest BCUT2D eigenvalue weighted by atomic mass is 15.1. The van der Waals surface area contributed by atoms with Gasteiger partial charge in [-0.05, 0) is 24.3 Å². The molecule has 0 atom stereocenters. The lowest BCUT2D eigenvalue weighted by Crippen LogP contribution is -2.00. The van der Waals surface area contributed by atoms with Crippen LogP contribution in [0.15, 0.2) is 48.9 Å². The molecule has 3 rings (SSSR count). The maximum Gasteiger partial charge on any atom is 0.100 e. The van der Waals surface area contributed by atoms with Crippen LogP contribution in [0.5, 0.6) is 0 Å². The quantitative estimate of drug-likeness (QED) is 0.723. The highest BCUT2D eigenvalue weighted by Gasteiger charge is 2.03. The third kappa shape index (κ3) is 1.68. The Hall–Kier alpha value is -2.20. The lowest BCUT2D eigenvalue weighted by molar-refractivity contribution is 0.972. The van der Waals surface area contributed by atoms with Crippen molar-refractivity contribution in [2.45, 2.75) is 6.54 Å². The highest BCUT2D eigenvalue weighted by molar-refractivity contribution is 5.77. The molecule has 1 aromatic carbocycles. The van der Waals surface area contributed by atoms with Crippen molar-refractivity contribution in [2.24, 2.45) is 5.73 Å². The Labute approximate surface area is 98.7 Å². The summed E-state index contributed by atoms with van der Waals surface area (Å²) in [7, 11) is 0. The first-order chi connectivity index (χ1) is 8.38. The largest absolute Gasteiger partial charge is 0.325 e. The van der Waals surface area contributed by atoms with Gasteiger partial charge < -0.3 is 5.73 Å². The zero-order chi connectivity index (χ0) is 11.7. The number of nitrogens with two attached hydrogens (primary N) is 1. The van der Waals surface area contributed by atoms with Gasteiger partial charge >= 0.3 is 0 Å². The fraction of sp³-hybridized carbons (Fsp3) is 0.0769. The molecule has 0 aliphatic rings. The van der Waals surface area contributed by atoms with Crippen LogP contribution in [-0.4, -0.2) is 14.5 Å². The van der Waals surface area contributed by atoms with Crippen LogP contribution in [0.2, 0.25) is 0 Å². The molecule has 0 aliphatic carbocycles. The number of fused-ring (bicyclic) bond motifs is 1. The molecular weight excluding hydrogens is 212 g/mol. The Morgan fingerprint density at radius 2 is 1.94 bits per heavy atom. The van der Waals surface area contributed by atoms with Crippen molar-refractivity contribution in [2.75, 3.05) is 0 Å². The van der Waals surface area contributed by atoms with Crippen LogP contribution in [0.3, 0.4) is 0 Å². The Morgan fingerprint density at radius 1 is 1.06 bits per heavy atom. The Balaban J connectivity index is 2.13. The topological polar surface area (TPSA) is 56.7 Å². The van der Waals surface area contributed by atoms with Gasteiger partial charge in [-0.3, -0.25) is 9.55 Å². The van der Waals surface area contributed by atoms with Gasteiger partial charge in [0.25, 0.3) is 0 Å². The number of benzene rings is 1. The van der Waals surface area contributed by atoms with E-state index in [4.69, 9.17) is 5.73 Å². The molecule has 2 heterocycles. The Bertz CT molecular complexity index is 640. The lowest BCUT2D eigenvalue weighted by Gasteiger charge is -2.04. The SMILES string of the molecule is NCc1ccc(-n2cnc3ccccc32)cn1. The Morgan fingerprint density at radius 3 is 2.71 bits per heavy atom. The second-order valence-corrected chi connectivity index (χ2v) is 3.82. The molecule has 0 saturated heterocycles. The Kier molecular flexibility index (Phi) is 2.34. The van der Waals surface area contributed by atoms with E-state index in [-0.39, 0.29) is 0 Å². The second-order valence-electron chi connectivity index (χ2n) is 3.82. The van der Waals surface area contributed by atoms with E-state index in [0.29, 0.717) is 6.54 Å². The first-order valence-electron chi connectivity index (χ1n) is 5.46. The monoisotopic (exact) mass is 224 g/mol. The van der Waals surface area contributed by atoms with Crippen LogP contribution in [-0.2, 0) is 6.54 Å². The van der Waals surface area contributed by atoms with Crippen molar-refractivity contribution in [3.8, 4) is 5.69 Å². The van der Waals surface area contributed by atoms with Crippen molar-refractivity contribution in [1.29, 1.82) is 0 Å². The van der Waals surface area contributed by atoms with Gasteiger partial charge in [0.05, 0.1) is 28.6 Å². The van der Waals surface area contributed by atoms with Crippen molar-refractivity contribution in [3.05, 3.63) is 54.6 Å². The minimum Gasteiger partial charge on any atom is -0.325 e. The third-order valence-corrected chi connectivity index (χ3v) is 2.75. The summed E-state index contributed by atoms with van der Waals surface area (Å²) in [6, 6.07) is 12.0. The summed E-state index contributed by atoms with van der Waals surface area (Å²) in [4.78, 5) is 8.63. The van der Waals surface area contributed by atoms with Crippen LogP contribution < -0.4 is 5.73 Å². The van der Waals surface area contributed by atoms with Gasteiger partial charge in [0, 0.05) is 6.54 Å². The molecule has 17 heavy (non-hydrogen) atoms. The minimum absolute atomic E-state index is 0.463. The van der Waals surface area contributed by atoms with Gasteiger partial charge in [-0.15, -0.1) is 0 Å². The zero-order valence-electron chi connectivity index (χ0n) is 9.24. The molecule has 2 aromatic heterocycles. The normalized spacial score (nSPS) is 10.9. The standard InChI is InChI=1S/C13H12N4/c14-7-10-5-6-11(8-15-10)17-9-16-12-3-1-2-4-13(12)17/h1-6,8-9H,7,14H2. The van der Waals surface area contributed by atoms with Gasteiger partial charge in [-0.2, -0.15) is 0 Å². The first kappa shape index (κ1) is 9.99. The fourth-order valence-electron chi connectivity index (χ4n) is 1.84. The molecule has 0 bridgehead atoms. The molecule has 4 nitrogen and oxygen atoms in total. The van der Waals surface area contributed by atoms with E-state index in [1.165, 1.54) is 0 Å². The number of hydrogen-bond acceptors (Lipinski definition) is 3. The molecule has 3 aromatic rings. The van der Waals surface area contributed by atoms with Crippen LogP contribution >= 0.6 is 0 Å². The summed E-state index contributed by atoms with van der Waals surface area (Å²) in [5.74, 6) is 0. The summed E-state index contributed by atoms with van der Waals surface area (Å²) < 4.78 is 2.02. The third-order valence-electron chi connectivity index (χ3n) is 2.75. The predicted octanol–water partition coefficient (Wildman–Crippen LogP) is 1.88. The number of nitrogens with zero attached hydrogens (tertiary/aromatic N) is 3. The van der Waals surface area contributed by atoms with Crippen molar-refractivity contribution < 1.29 is 0 Å². The average molecular weight is 224 g/mol. The predicted molar refractivity (Wildman–Crippen MR) is 66.8 cm³/mol. The summed E-state index contributed by atoms with van der Waals surface area (Å²) in [5, 5.41) is 0. The van der Waals surface area contributed by atoms with E-state index >= 15 is 0 Å². The van der Waals surface area contributed by atoms with E-state index in [1.54, 1.807) is 0 Å². The maximum absolute atomic E-state index is 5.53. The molecule has 0 amide bonds. The summed E-state index contributed by atoms with van der Waals surface area (Å²) >= 11 is 0. The molecule has 0 fully saturated rings. The number of imidazole rings is 1. The number of hydrogen-bond donors (Lipinski definition) is 1. The molecule has 84 valence electrons. The van der Waals surface area contributed by atoms with E-state index < -0.39 is 0 Å². The average Bonchev–Trinajstić information content (AvgIpc) is 2.83. The minimum atomic E-state index is 0.463. The molecule has 0 aliphatic heterocycles. The summed E-state index contributed by atoms with van der Waals surface area (Å²) in [5.41, 5.74) is 9.47. The molecule has 0 unspecified atom stereocenters. The van der Waals surface area contributed by atoms with Gasteiger partial charge in [0.1, 0.15) is 6.33 Å². The van der Waals surface area contributed by atoms with E-state index in [0.717, 1.165) is 22.4 Å². The van der Waals surface area contributed by atoms with Crippen molar-refractivity contribution >= 4 is 11.0 Å². The first-order valence-corrected chi connectivity index (χ1v) is 5.46. The molecular formula is C13H12N4. The van der Waals surface area contributed by atoms with Gasteiger partial charge in [-0.25, -0.2) is 4.98 Å². The van der Waals surface area contributed by atoms with Crippen LogP contribution in [0.1, 0.15) is 5.69 Å². The zero-order valence-corrected chi connectivity index (χ0v) is 9.24. The van der Waals surface area contributed by atoms with E-state index in [2.05, 4.69) is 9.97 Å². The summed E-state index contributed by atoms with van der Waals surface area (Å²) in [6.45, 7) is 0.463. The van der Waals surface area contributed by atoms with Crippen molar-refractivity contribution in [1.82, 2.24) is 14.5 Å². The molecule has 0 spiro atoms. The van der Waals surface area contributed by atoms with E-state index in [1.807, 2.05) is 53.5 Å². The van der Waals surface area contributed by atoms with Crippen LogP contribution in [0, 0.1) is 0 Å². The molecule has 0 saturated carbocycles. The van der Waals surface area contributed by atoms with Crippen LogP contribution in [0.4, 0.5) is 0 Å². The van der Waals surface area contributed by atoms with E-state index in [9.17, 15) is 0 Å². The molecule has 4 heteroatoms. The number of para-hydroxylation sites is 2. The van der Waals surface area contributed by atoms with Crippen LogP contribution in [0.25, 0.3) is 16.7 Å². The number of rotatable bonds is 2. The number of aromatic nitrogens is 3. The highest BCUT2D eigenvalue weighted by Crippen LogP contribution is 2.17. The summed E-state index contributed by atoms with van der Waals surface area (Å²) in [6.07, 6.45) is 3.63. The fourth-order valence-corrected chi connectivity index (χ4v) is 1.84.